The molecule has 0 saturated carbocycles. The van der Waals surface area contributed by atoms with E-state index in [1.54, 1.807) is 14.2 Å². The molecular weight excluding hydrogens is 194 g/mol. The maximum absolute atomic E-state index is 5.22. The first-order valence-electron chi connectivity index (χ1n) is 4.76. The van der Waals surface area contributed by atoms with Crippen molar-refractivity contribution in [2.45, 2.75) is 6.42 Å². The van der Waals surface area contributed by atoms with Gasteiger partial charge in [-0.05, 0) is 18.2 Å². The van der Waals surface area contributed by atoms with Crippen molar-refractivity contribution in [2.24, 2.45) is 5.16 Å². The molecule has 1 aromatic rings. The summed E-state index contributed by atoms with van der Waals surface area (Å²) in [6, 6.07) is 5.73. The smallest absolute Gasteiger partial charge is 0.161 e. The summed E-state index contributed by atoms with van der Waals surface area (Å²) in [5.74, 6) is 1.44. The van der Waals surface area contributed by atoms with Gasteiger partial charge in [0.2, 0.25) is 0 Å². The van der Waals surface area contributed by atoms with Gasteiger partial charge in [-0.25, -0.2) is 0 Å². The van der Waals surface area contributed by atoms with Gasteiger partial charge in [0.15, 0.2) is 11.5 Å². The van der Waals surface area contributed by atoms with E-state index in [9.17, 15) is 0 Å². The topological polar surface area (TPSA) is 40.0 Å². The molecule has 0 spiro atoms. The Balaban J connectivity index is 2.34. The molecule has 0 saturated heterocycles. The lowest BCUT2D eigenvalue weighted by molar-refractivity contribution is 0.174. The van der Waals surface area contributed by atoms with E-state index in [2.05, 4.69) is 5.16 Å². The molecule has 4 heteroatoms. The van der Waals surface area contributed by atoms with E-state index < -0.39 is 0 Å². The molecule has 1 aliphatic heterocycles. The Morgan fingerprint density at radius 2 is 2.00 bits per heavy atom. The van der Waals surface area contributed by atoms with Gasteiger partial charge in [-0.3, -0.25) is 0 Å². The van der Waals surface area contributed by atoms with Crippen molar-refractivity contribution in [1.29, 1.82) is 0 Å². The standard InChI is InChI=1S/C11H13NO3/c1-13-10-4-3-8(7-11(10)14-2)9-5-6-15-12-9/h3-4,7H,5-6H2,1-2H3. The molecule has 15 heavy (non-hydrogen) atoms. The van der Waals surface area contributed by atoms with Crippen molar-refractivity contribution in [3.05, 3.63) is 23.8 Å². The normalized spacial score (nSPS) is 14.4. The summed E-state index contributed by atoms with van der Waals surface area (Å²) < 4.78 is 10.4. The van der Waals surface area contributed by atoms with Crippen LogP contribution in [-0.4, -0.2) is 26.5 Å². The monoisotopic (exact) mass is 207 g/mol. The van der Waals surface area contributed by atoms with Gasteiger partial charge in [-0.1, -0.05) is 5.16 Å². The van der Waals surface area contributed by atoms with E-state index in [4.69, 9.17) is 14.3 Å². The average Bonchev–Trinajstić information content (AvgIpc) is 2.81. The third kappa shape index (κ3) is 1.88. The highest BCUT2D eigenvalue weighted by molar-refractivity contribution is 6.01. The molecule has 80 valence electrons. The Morgan fingerprint density at radius 1 is 1.20 bits per heavy atom. The molecular formula is C11H13NO3. The second-order valence-corrected chi connectivity index (χ2v) is 3.19. The summed E-state index contributed by atoms with van der Waals surface area (Å²) in [5.41, 5.74) is 1.97. The van der Waals surface area contributed by atoms with Gasteiger partial charge in [-0.2, -0.15) is 0 Å². The maximum atomic E-state index is 5.22. The van der Waals surface area contributed by atoms with E-state index in [0.717, 1.165) is 23.4 Å². The number of methoxy groups -OCH3 is 2. The molecule has 4 nitrogen and oxygen atoms in total. The van der Waals surface area contributed by atoms with Crippen LogP contribution in [0.3, 0.4) is 0 Å². The zero-order chi connectivity index (χ0) is 10.7. The number of rotatable bonds is 3. The van der Waals surface area contributed by atoms with Gasteiger partial charge >= 0.3 is 0 Å². The largest absolute Gasteiger partial charge is 0.493 e. The van der Waals surface area contributed by atoms with Crippen LogP contribution in [0.15, 0.2) is 23.4 Å². The van der Waals surface area contributed by atoms with Gasteiger partial charge in [0.25, 0.3) is 0 Å². The Labute approximate surface area is 88.4 Å². The molecule has 1 heterocycles. The third-order valence-electron chi connectivity index (χ3n) is 2.32. The van der Waals surface area contributed by atoms with Crippen molar-refractivity contribution in [2.75, 3.05) is 20.8 Å². The Bertz CT molecular complexity index is 387. The highest BCUT2D eigenvalue weighted by Crippen LogP contribution is 2.28. The summed E-state index contributed by atoms with van der Waals surface area (Å²) in [4.78, 5) is 4.96. The number of hydrogen-bond donors (Lipinski definition) is 0. The van der Waals surface area contributed by atoms with Crippen LogP contribution in [-0.2, 0) is 4.84 Å². The number of benzene rings is 1. The molecule has 1 aliphatic rings. The summed E-state index contributed by atoms with van der Waals surface area (Å²) in [5, 5.41) is 3.96. The second kappa shape index (κ2) is 4.21. The van der Waals surface area contributed by atoms with E-state index in [1.807, 2.05) is 18.2 Å². The average molecular weight is 207 g/mol. The summed E-state index contributed by atoms with van der Waals surface area (Å²) in [7, 11) is 3.24. The zero-order valence-electron chi connectivity index (χ0n) is 8.82. The molecule has 0 unspecified atom stereocenters. The summed E-state index contributed by atoms with van der Waals surface area (Å²) >= 11 is 0. The van der Waals surface area contributed by atoms with Crippen molar-refractivity contribution < 1.29 is 14.3 Å². The molecule has 0 atom stereocenters. The number of hydrogen-bond acceptors (Lipinski definition) is 4. The molecule has 0 amide bonds. The van der Waals surface area contributed by atoms with Gasteiger partial charge in [-0.15, -0.1) is 0 Å². The van der Waals surface area contributed by atoms with Crippen LogP contribution in [0.4, 0.5) is 0 Å². The predicted molar refractivity (Wildman–Crippen MR) is 56.7 cm³/mol. The lowest BCUT2D eigenvalue weighted by atomic mass is 10.1. The van der Waals surface area contributed by atoms with Crippen LogP contribution in [0.1, 0.15) is 12.0 Å². The lowest BCUT2D eigenvalue weighted by Gasteiger charge is -2.08. The van der Waals surface area contributed by atoms with Crippen molar-refractivity contribution in [3.8, 4) is 11.5 Å². The SMILES string of the molecule is COc1ccc(C2=NOCC2)cc1OC. The Morgan fingerprint density at radius 3 is 2.60 bits per heavy atom. The summed E-state index contributed by atoms with van der Waals surface area (Å²) in [6.45, 7) is 0.656. The predicted octanol–water partition coefficient (Wildman–Crippen LogP) is 1.83. The molecule has 0 radical (unpaired) electrons. The number of nitrogens with zero attached hydrogens (tertiary/aromatic N) is 1. The van der Waals surface area contributed by atoms with Crippen LogP contribution in [0.5, 0.6) is 11.5 Å². The number of oxime groups is 1. The van der Waals surface area contributed by atoms with Gasteiger partial charge < -0.3 is 14.3 Å². The fourth-order valence-corrected chi connectivity index (χ4v) is 1.52. The number of ether oxygens (including phenoxy) is 2. The quantitative estimate of drug-likeness (QED) is 0.759. The van der Waals surface area contributed by atoms with E-state index in [1.165, 1.54) is 0 Å². The van der Waals surface area contributed by atoms with Gasteiger partial charge in [0, 0.05) is 12.0 Å². The van der Waals surface area contributed by atoms with E-state index in [0.29, 0.717) is 12.4 Å². The molecule has 0 N–H and O–H groups in total. The zero-order valence-corrected chi connectivity index (χ0v) is 8.82. The second-order valence-electron chi connectivity index (χ2n) is 3.19. The minimum Gasteiger partial charge on any atom is -0.493 e. The molecule has 1 aromatic carbocycles. The Hall–Kier alpha value is -1.71. The van der Waals surface area contributed by atoms with Crippen LogP contribution in [0.25, 0.3) is 0 Å². The van der Waals surface area contributed by atoms with Gasteiger partial charge in [0.05, 0.1) is 19.9 Å². The van der Waals surface area contributed by atoms with Crippen molar-refractivity contribution in [1.82, 2.24) is 0 Å². The van der Waals surface area contributed by atoms with E-state index >= 15 is 0 Å². The summed E-state index contributed by atoms with van der Waals surface area (Å²) in [6.07, 6.45) is 0.843. The fourth-order valence-electron chi connectivity index (χ4n) is 1.52. The third-order valence-corrected chi connectivity index (χ3v) is 2.32. The molecule has 0 aromatic heterocycles. The minimum absolute atomic E-state index is 0.656. The molecule has 0 bridgehead atoms. The van der Waals surface area contributed by atoms with Crippen LogP contribution in [0, 0.1) is 0 Å². The fraction of sp³-hybridized carbons (Fsp3) is 0.364. The van der Waals surface area contributed by atoms with Crippen LogP contribution in [0.2, 0.25) is 0 Å². The lowest BCUT2D eigenvalue weighted by Crippen LogP contribution is -1.99. The first-order chi connectivity index (χ1) is 7.35. The molecule has 2 rings (SSSR count). The first-order valence-corrected chi connectivity index (χ1v) is 4.76. The molecule has 0 aliphatic carbocycles. The van der Waals surface area contributed by atoms with Crippen LogP contribution >= 0.6 is 0 Å². The van der Waals surface area contributed by atoms with Gasteiger partial charge in [0.1, 0.15) is 6.61 Å². The minimum atomic E-state index is 0.656. The van der Waals surface area contributed by atoms with Crippen LogP contribution < -0.4 is 9.47 Å². The highest BCUT2D eigenvalue weighted by Gasteiger charge is 2.13. The maximum Gasteiger partial charge on any atom is 0.161 e. The molecule has 0 fully saturated rings. The van der Waals surface area contributed by atoms with Crippen molar-refractivity contribution >= 4 is 5.71 Å². The first kappa shape index (κ1) is 9.83. The Kier molecular flexibility index (Phi) is 2.76. The van der Waals surface area contributed by atoms with Crippen molar-refractivity contribution in [3.63, 3.8) is 0 Å². The van der Waals surface area contributed by atoms with E-state index in [-0.39, 0.29) is 0 Å². The highest BCUT2D eigenvalue weighted by atomic mass is 16.6.